The van der Waals surface area contributed by atoms with E-state index in [0.29, 0.717) is 53.7 Å². The summed E-state index contributed by atoms with van der Waals surface area (Å²) in [5, 5.41) is 4.26. The van der Waals surface area contributed by atoms with Crippen molar-refractivity contribution in [2.45, 2.75) is 45.4 Å². The van der Waals surface area contributed by atoms with E-state index in [4.69, 9.17) is 16.3 Å². The third-order valence-electron chi connectivity index (χ3n) is 6.82. The van der Waals surface area contributed by atoms with E-state index >= 15 is 0 Å². The second kappa shape index (κ2) is 8.60. The molecule has 2 heterocycles. The maximum absolute atomic E-state index is 13.1. The summed E-state index contributed by atoms with van der Waals surface area (Å²) in [6.45, 7) is 3.83. The van der Waals surface area contributed by atoms with E-state index in [1.807, 2.05) is 19.1 Å². The molecule has 1 aliphatic carbocycles. The van der Waals surface area contributed by atoms with Gasteiger partial charge in [0.1, 0.15) is 0 Å². The number of nitrogens with zero attached hydrogens (tertiary/aromatic N) is 2. The van der Waals surface area contributed by atoms with E-state index < -0.39 is 0 Å². The number of carbonyl (C=O) groups is 2. The second-order valence-corrected chi connectivity index (χ2v) is 9.17. The molecule has 2 aromatic rings. The van der Waals surface area contributed by atoms with Gasteiger partial charge in [-0.2, -0.15) is 0 Å². The Morgan fingerprint density at radius 1 is 1.27 bits per heavy atom. The number of aromatic nitrogens is 1. The first-order chi connectivity index (χ1) is 14.4. The molecule has 2 fully saturated rings. The Balaban J connectivity index is 1.59. The molecule has 0 radical (unpaired) electrons. The number of benzene rings is 1. The Labute approximate surface area is 182 Å². The molecule has 1 N–H and O–H groups in total. The number of amides is 2. The van der Waals surface area contributed by atoms with E-state index in [2.05, 4.69) is 5.32 Å². The highest BCUT2D eigenvalue weighted by atomic mass is 35.5. The average Bonchev–Trinajstić information content (AvgIpc) is 3.09. The fourth-order valence-electron chi connectivity index (χ4n) is 4.89. The van der Waals surface area contributed by atoms with Crippen LogP contribution >= 0.6 is 11.6 Å². The van der Waals surface area contributed by atoms with Crippen molar-refractivity contribution in [2.24, 2.45) is 11.3 Å². The Morgan fingerprint density at radius 2 is 2.00 bits per heavy atom. The molecular formula is C23H30ClN3O3. The van der Waals surface area contributed by atoms with Gasteiger partial charge in [-0.05, 0) is 37.8 Å². The van der Waals surface area contributed by atoms with Gasteiger partial charge in [0.2, 0.25) is 5.91 Å². The maximum atomic E-state index is 13.1. The number of anilines is 1. The van der Waals surface area contributed by atoms with E-state index in [9.17, 15) is 9.59 Å². The van der Waals surface area contributed by atoms with Gasteiger partial charge in [-0.15, -0.1) is 0 Å². The molecule has 1 aliphatic heterocycles. The Bertz CT molecular complexity index is 945. The summed E-state index contributed by atoms with van der Waals surface area (Å²) in [6.07, 6.45) is 8.26. The van der Waals surface area contributed by atoms with Gasteiger partial charge < -0.3 is 15.0 Å². The predicted molar refractivity (Wildman–Crippen MR) is 119 cm³/mol. The van der Waals surface area contributed by atoms with Crippen molar-refractivity contribution in [2.75, 3.05) is 32.1 Å². The molecule has 7 heteroatoms. The molecule has 1 saturated carbocycles. The van der Waals surface area contributed by atoms with Crippen molar-refractivity contribution in [1.82, 2.24) is 9.47 Å². The fraction of sp³-hybridized carbons (Fsp3) is 0.565. The highest BCUT2D eigenvalue weighted by Gasteiger charge is 2.47. The zero-order chi connectivity index (χ0) is 21.3. The van der Waals surface area contributed by atoms with Gasteiger partial charge in [-0.3, -0.25) is 9.36 Å². The molecule has 0 atom stereocenters. The van der Waals surface area contributed by atoms with Crippen molar-refractivity contribution < 1.29 is 14.3 Å². The van der Waals surface area contributed by atoms with Gasteiger partial charge in [-0.25, -0.2) is 4.79 Å². The first-order valence-corrected chi connectivity index (χ1v) is 11.3. The highest BCUT2D eigenvalue weighted by molar-refractivity contribution is 6.37. The summed E-state index contributed by atoms with van der Waals surface area (Å²) in [6, 6.07) is 5.29. The van der Waals surface area contributed by atoms with Crippen LogP contribution in [-0.2, 0) is 9.53 Å². The molecular weight excluding hydrogens is 402 g/mol. The normalized spacial score (nSPS) is 18.8. The smallest absolute Gasteiger partial charge is 0.328 e. The number of hydrogen-bond acceptors (Lipinski definition) is 3. The van der Waals surface area contributed by atoms with Crippen LogP contribution in [0.5, 0.6) is 0 Å². The first kappa shape index (κ1) is 21.2. The third kappa shape index (κ3) is 3.83. The summed E-state index contributed by atoms with van der Waals surface area (Å²) >= 11 is 6.46. The van der Waals surface area contributed by atoms with E-state index in [1.165, 1.54) is 32.1 Å². The van der Waals surface area contributed by atoms with Gasteiger partial charge in [0.25, 0.3) is 0 Å². The van der Waals surface area contributed by atoms with Crippen molar-refractivity contribution in [1.29, 1.82) is 0 Å². The SMILES string of the molecule is CCN(C)C(=O)n1cc(NC(=O)CC2(C3CCCCC3)COC2)c2c(Cl)cccc21. The monoisotopic (exact) mass is 431 g/mol. The standard InChI is InChI=1S/C23H30ClN3O3/c1-3-26(2)22(29)27-13-18(21-17(24)10-7-11-19(21)27)25-20(28)12-23(14-30-15-23)16-8-5-4-6-9-16/h7,10-11,13,16H,3-6,8-9,12,14-15H2,1-2H3,(H,25,28). The molecule has 30 heavy (non-hydrogen) atoms. The lowest BCUT2D eigenvalue weighted by atomic mass is 9.65. The average molecular weight is 432 g/mol. The van der Waals surface area contributed by atoms with Crippen LogP contribution < -0.4 is 5.32 Å². The molecule has 6 nitrogen and oxygen atoms in total. The maximum Gasteiger partial charge on any atom is 0.328 e. The van der Waals surface area contributed by atoms with E-state index in [-0.39, 0.29) is 17.4 Å². The van der Waals surface area contributed by atoms with Crippen LogP contribution in [0.25, 0.3) is 10.9 Å². The van der Waals surface area contributed by atoms with Gasteiger partial charge in [0.05, 0.1) is 29.4 Å². The lowest BCUT2D eigenvalue weighted by Crippen LogP contribution is -2.51. The van der Waals surface area contributed by atoms with Crippen molar-refractivity contribution in [3.8, 4) is 0 Å². The number of ether oxygens (including phenoxy) is 1. The van der Waals surface area contributed by atoms with Crippen molar-refractivity contribution in [3.05, 3.63) is 29.4 Å². The van der Waals surface area contributed by atoms with Gasteiger partial charge >= 0.3 is 6.03 Å². The minimum Gasteiger partial charge on any atom is -0.380 e. The largest absolute Gasteiger partial charge is 0.380 e. The minimum atomic E-state index is -0.156. The van der Waals surface area contributed by atoms with Crippen LogP contribution in [0.1, 0.15) is 45.4 Å². The van der Waals surface area contributed by atoms with Crippen LogP contribution in [0.2, 0.25) is 5.02 Å². The van der Waals surface area contributed by atoms with Gasteiger partial charge in [0.15, 0.2) is 0 Å². The molecule has 2 aliphatic rings. The predicted octanol–water partition coefficient (Wildman–Crippen LogP) is 5.14. The number of hydrogen-bond donors (Lipinski definition) is 1. The van der Waals surface area contributed by atoms with Crippen LogP contribution in [0.3, 0.4) is 0 Å². The Morgan fingerprint density at radius 3 is 2.63 bits per heavy atom. The highest BCUT2D eigenvalue weighted by Crippen LogP contribution is 2.46. The lowest BCUT2D eigenvalue weighted by Gasteiger charge is -2.48. The zero-order valence-electron chi connectivity index (χ0n) is 17.7. The molecule has 0 spiro atoms. The third-order valence-corrected chi connectivity index (χ3v) is 7.14. The minimum absolute atomic E-state index is 0.0425. The van der Waals surface area contributed by atoms with E-state index in [0.717, 1.165) is 0 Å². The number of rotatable bonds is 5. The van der Waals surface area contributed by atoms with Crippen molar-refractivity contribution in [3.63, 3.8) is 0 Å². The summed E-state index contributed by atoms with van der Waals surface area (Å²) in [7, 11) is 1.75. The first-order valence-electron chi connectivity index (χ1n) is 10.9. The molecule has 4 rings (SSSR count). The number of halogens is 1. The van der Waals surface area contributed by atoms with Gasteiger partial charge in [0, 0.05) is 37.0 Å². The van der Waals surface area contributed by atoms with Crippen LogP contribution in [-0.4, -0.2) is 48.2 Å². The lowest BCUT2D eigenvalue weighted by molar-refractivity contribution is -0.163. The molecule has 1 saturated heterocycles. The second-order valence-electron chi connectivity index (χ2n) is 8.76. The topological polar surface area (TPSA) is 63.6 Å². The molecule has 2 amide bonds. The quantitative estimate of drug-likeness (QED) is 0.712. The van der Waals surface area contributed by atoms with E-state index in [1.54, 1.807) is 28.8 Å². The molecule has 0 unspecified atom stereocenters. The summed E-state index contributed by atoms with van der Waals surface area (Å²) in [5.41, 5.74) is 1.22. The zero-order valence-corrected chi connectivity index (χ0v) is 18.5. The molecule has 162 valence electrons. The van der Waals surface area contributed by atoms with Crippen molar-refractivity contribution >= 4 is 40.1 Å². The Hall–Kier alpha value is -2.05. The van der Waals surface area contributed by atoms with Crippen LogP contribution in [0.15, 0.2) is 24.4 Å². The number of fused-ring (bicyclic) bond motifs is 1. The summed E-state index contributed by atoms with van der Waals surface area (Å²) < 4.78 is 7.11. The number of nitrogens with one attached hydrogen (secondary N) is 1. The van der Waals surface area contributed by atoms with Crippen LogP contribution in [0, 0.1) is 11.3 Å². The molecule has 1 aromatic carbocycles. The van der Waals surface area contributed by atoms with Gasteiger partial charge in [-0.1, -0.05) is 36.9 Å². The molecule has 0 bridgehead atoms. The summed E-state index contributed by atoms with van der Waals surface area (Å²) in [4.78, 5) is 27.5. The fourth-order valence-corrected chi connectivity index (χ4v) is 5.16. The Kier molecular flexibility index (Phi) is 6.07. The molecule has 1 aromatic heterocycles. The van der Waals surface area contributed by atoms with Crippen LogP contribution in [0.4, 0.5) is 10.5 Å². The number of carbonyl (C=O) groups excluding carboxylic acids is 2. The summed E-state index contributed by atoms with van der Waals surface area (Å²) in [5.74, 6) is 0.509.